The van der Waals surface area contributed by atoms with Crippen molar-refractivity contribution in [1.82, 2.24) is 10.1 Å². The van der Waals surface area contributed by atoms with Crippen LogP contribution in [0.5, 0.6) is 0 Å². The molecule has 1 saturated heterocycles. The average molecular weight is 403 g/mol. The molecule has 0 N–H and O–H groups in total. The van der Waals surface area contributed by atoms with E-state index in [1.54, 1.807) is 17.4 Å². The molecular formula is C18H15BrN2O2S. The van der Waals surface area contributed by atoms with Gasteiger partial charge in [0.25, 0.3) is 5.91 Å². The topological polar surface area (TPSA) is 46.3 Å². The normalized spacial score (nSPS) is 17.4. The van der Waals surface area contributed by atoms with Crippen molar-refractivity contribution in [3.05, 3.63) is 62.9 Å². The maximum atomic E-state index is 12.9. The SMILES string of the molecule is O=C(c1cc(-c2ccc(Br)cc2)on1)N1CCCC1c1cccs1. The highest BCUT2D eigenvalue weighted by Gasteiger charge is 2.32. The first-order chi connectivity index (χ1) is 11.7. The van der Waals surface area contributed by atoms with Gasteiger partial charge >= 0.3 is 0 Å². The Balaban J connectivity index is 1.57. The highest BCUT2D eigenvalue weighted by molar-refractivity contribution is 9.10. The second-order valence-electron chi connectivity index (χ2n) is 5.76. The van der Waals surface area contributed by atoms with Crippen molar-refractivity contribution in [2.45, 2.75) is 18.9 Å². The molecular weight excluding hydrogens is 388 g/mol. The number of carbonyl (C=O) groups excluding carboxylic acids is 1. The molecule has 1 aromatic carbocycles. The summed E-state index contributed by atoms with van der Waals surface area (Å²) in [6, 6.07) is 13.8. The number of halogens is 1. The van der Waals surface area contributed by atoms with Gasteiger partial charge in [-0.15, -0.1) is 11.3 Å². The zero-order chi connectivity index (χ0) is 16.5. The molecule has 24 heavy (non-hydrogen) atoms. The fourth-order valence-corrected chi connectivity index (χ4v) is 4.20. The summed E-state index contributed by atoms with van der Waals surface area (Å²) in [5, 5.41) is 6.05. The molecule has 1 fully saturated rings. The Hall–Kier alpha value is -1.92. The predicted molar refractivity (Wildman–Crippen MR) is 97.0 cm³/mol. The third kappa shape index (κ3) is 2.91. The van der Waals surface area contributed by atoms with Gasteiger partial charge in [-0.1, -0.05) is 39.3 Å². The number of hydrogen-bond acceptors (Lipinski definition) is 4. The van der Waals surface area contributed by atoms with E-state index in [1.807, 2.05) is 35.2 Å². The maximum Gasteiger partial charge on any atom is 0.276 e. The molecule has 3 aromatic rings. The number of carbonyl (C=O) groups is 1. The molecule has 2 aromatic heterocycles. The first-order valence-electron chi connectivity index (χ1n) is 7.79. The van der Waals surface area contributed by atoms with Crippen LogP contribution in [0.1, 0.15) is 34.2 Å². The standard InChI is InChI=1S/C18H15BrN2O2S/c19-13-7-5-12(6-8-13)16-11-14(20-23-16)18(22)21-9-1-3-15(21)17-4-2-10-24-17/h2,4-8,10-11,15H,1,3,9H2. The molecule has 3 heterocycles. The van der Waals surface area contributed by atoms with Crippen molar-refractivity contribution in [1.29, 1.82) is 0 Å². The third-order valence-corrected chi connectivity index (χ3v) is 5.75. The first-order valence-corrected chi connectivity index (χ1v) is 9.46. The number of thiophene rings is 1. The van der Waals surface area contributed by atoms with E-state index in [0.717, 1.165) is 29.4 Å². The van der Waals surface area contributed by atoms with Crippen molar-refractivity contribution in [3.63, 3.8) is 0 Å². The second kappa shape index (κ2) is 6.53. The number of amides is 1. The second-order valence-corrected chi connectivity index (χ2v) is 7.65. The number of benzene rings is 1. The summed E-state index contributed by atoms with van der Waals surface area (Å²) in [5.74, 6) is 0.552. The summed E-state index contributed by atoms with van der Waals surface area (Å²) >= 11 is 5.11. The summed E-state index contributed by atoms with van der Waals surface area (Å²) in [6.45, 7) is 0.766. The smallest absolute Gasteiger partial charge is 0.276 e. The number of hydrogen-bond donors (Lipinski definition) is 0. The molecule has 1 unspecified atom stereocenters. The lowest BCUT2D eigenvalue weighted by Gasteiger charge is -2.22. The van der Waals surface area contributed by atoms with Crippen molar-refractivity contribution >= 4 is 33.2 Å². The first kappa shape index (κ1) is 15.6. The lowest BCUT2D eigenvalue weighted by atomic mass is 10.1. The van der Waals surface area contributed by atoms with Crippen LogP contribution in [0.15, 0.2) is 56.8 Å². The summed E-state index contributed by atoms with van der Waals surface area (Å²) in [7, 11) is 0. The van der Waals surface area contributed by atoms with Crippen LogP contribution in [0.25, 0.3) is 11.3 Å². The molecule has 4 nitrogen and oxygen atoms in total. The van der Waals surface area contributed by atoms with Gasteiger partial charge in [-0.05, 0) is 36.4 Å². The largest absolute Gasteiger partial charge is 0.355 e. The number of aromatic nitrogens is 1. The van der Waals surface area contributed by atoms with E-state index in [1.165, 1.54) is 4.88 Å². The van der Waals surface area contributed by atoms with Crippen LogP contribution in [0.3, 0.4) is 0 Å². The van der Waals surface area contributed by atoms with Crippen LogP contribution in [0, 0.1) is 0 Å². The fraction of sp³-hybridized carbons (Fsp3) is 0.222. The van der Waals surface area contributed by atoms with Crippen LogP contribution in [0.4, 0.5) is 0 Å². The van der Waals surface area contributed by atoms with Gasteiger partial charge in [-0.3, -0.25) is 4.79 Å². The average Bonchev–Trinajstić information content (AvgIpc) is 3.34. The van der Waals surface area contributed by atoms with Gasteiger partial charge in [0, 0.05) is 27.5 Å². The highest BCUT2D eigenvalue weighted by atomic mass is 79.9. The van der Waals surface area contributed by atoms with Crippen LogP contribution in [0.2, 0.25) is 0 Å². The molecule has 0 bridgehead atoms. The van der Waals surface area contributed by atoms with Gasteiger partial charge in [0.1, 0.15) is 0 Å². The number of nitrogens with zero attached hydrogens (tertiary/aromatic N) is 2. The van der Waals surface area contributed by atoms with Crippen molar-refractivity contribution in [2.24, 2.45) is 0 Å². The Morgan fingerprint density at radius 1 is 1.29 bits per heavy atom. The molecule has 1 amide bonds. The van der Waals surface area contributed by atoms with Crippen molar-refractivity contribution in [3.8, 4) is 11.3 Å². The lowest BCUT2D eigenvalue weighted by molar-refractivity contribution is 0.0727. The Morgan fingerprint density at radius 2 is 2.12 bits per heavy atom. The van der Waals surface area contributed by atoms with Gasteiger partial charge in [0.15, 0.2) is 11.5 Å². The van der Waals surface area contributed by atoms with E-state index in [0.29, 0.717) is 11.5 Å². The predicted octanol–water partition coefficient (Wildman–Crippen LogP) is 5.14. The Morgan fingerprint density at radius 3 is 2.88 bits per heavy atom. The fourth-order valence-electron chi connectivity index (χ4n) is 3.06. The summed E-state index contributed by atoms with van der Waals surface area (Å²) < 4.78 is 6.39. The third-order valence-electron chi connectivity index (χ3n) is 4.24. The van der Waals surface area contributed by atoms with Gasteiger partial charge in [-0.2, -0.15) is 0 Å². The Labute approximate surface area is 152 Å². The zero-order valence-electron chi connectivity index (χ0n) is 12.8. The maximum absolute atomic E-state index is 12.9. The zero-order valence-corrected chi connectivity index (χ0v) is 15.2. The van der Waals surface area contributed by atoms with Crippen molar-refractivity contribution in [2.75, 3.05) is 6.54 Å². The van der Waals surface area contributed by atoms with Gasteiger partial charge in [0.2, 0.25) is 0 Å². The quantitative estimate of drug-likeness (QED) is 0.608. The van der Waals surface area contributed by atoms with E-state index in [-0.39, 0.29) is 11.9 Å². The van der Waals surface area contributed by atoms with Gasteiger partial charge in [0.05, 0.1) is 6.04 Å². The minimum absolute atomic E-state index is 0.0574. The molecule has 0 saturated carbocycles. The van der Waals surface area contributed by atoms with Gasteiger partial charge < -0.3 is 9.42 Å². The molecule has 122 valence electrons. The van der Waals surface area contributed by atoms with Crippen LogP contribution in [-0.2, 0) is 0 Å². The lowest BCUT2D eigenvalue weighted by Crippen LogP contribution is -2.30. The molecule has 0 aliphatic carbocycles. The Bertz CT molecular complexity index is 842. The highest BCUT2D eigenvalue weighted by Crippen LogP contribution is 2.35. The van der Waals surface area contributed by atoms with Crippen molar-refractivity contribution < 1.29 is 9.32 Å². The summed E-state index contributed by atoms with van der Waals surface area (Å²) in [4.78, 5) is 16.0. The van der Waals surface area contributed by atoms with Crippen LogP contribution in [-0.4, -0.2) is 22.5 Å². The summed E-state index contributed by atoms with van der Waals surface area (Å²) in [6.07, 6.45) is 2.02. The molecule has 0 spiro atoms. The molecule has 6 heteroatoms. The van der Waals surface area contributed by atoms with E-state index in [4.69, 9.17) is 4.52 Å². The molecule has 4 rings (SSSR count). The minimum Gasteiger partial charge on any atom is -0.355 e. The van der Waals surface area contributed by atoms with E-state index in [2.05, 4.69) is 32.5 Å². The number of likely N-dealkylation sites (tertiary alicyclic amines) is 1. The molecule has 0 radical (unpaired) electrons. The monoisotopic (exact) mass is 402 g/mol. The van der Waals surface area contributed by atoms with Crippen LogP contribution < -0.4 is 0 Å². The van der Waals surface area contributed by atoms with Gasteiger partial charge in [-0.25, -0.2) is 0 Å². The number of rotatable bonds is 3. The summed E-state index contributed by atoms with van der Waals surface area (Å²) in [5.41, 5.74) is 1.28. The molecule has 1 aliphatic heterocycles. The van der Waals surface area contributed by atoms with E-state index in [9.17, 15) is 4.79 Å². The minimum atomic E-state index is -0.0574. The van der Waals surface area contributed by atoms with Crippen LogP contribution >= 0.6 is 27.3 Å². The Kier molecular flexibility index (Phi) is 4.24. The molecule has 1 atom stereocenters. The molecule has 1 aliphatic rings. The van der Waals surface area contributed by atoms with E-state index < -0.39 is 0 Å². The van der Waals surface area contributed by atoms with E-state index >= 15 is 0 Å².